The van der Waals surface area contributed by atoms with Crippen LogP contribution in [0.4, 0.5) is 0 Å². The van der Waals surface area contributed by atoms with E-state index in [1.165, 1.54) is 18.2 Å². The molecule has 0 saturated carbocycles. The molecule has 2 N–H and O–H groups in total. The number of benzene rings is 1. The van der Waals surface area contributed by atoms with Crippen LogP contribution in [0.2, 0.25) is 10.2 Å². The SMILES string of the molecule is CCCCc1nc(/C=C/C(=O)c2cc(Cl)c(C)c(Br)c2O)c(Cl)[nH]1. The maximum Gasteiger partial charge on any atom is 0.189 e. The molecule has 1 aromatic heterocycles. The maximum absolute atomic E-state index is 12.3. The Morgan fingerprint density at radius 2 is 2.17 bits per heavy atom. The summed E-state index contributed by atoms with van der Waals surface area (Å²) in [5.41, 5.74) is 1.28. The van der Waals surface area contributed by atoms with Crippen molar-refractivity contribution in [2.45, 2.75) is 33.1 Å². The number of hydrogen-bond acceptors (Lipinski definition) is 3. The zero-order valence-corrected chi connectivity index (χ0v) is 16.4. The van der Waals surface area contributed by atoms with E-state index in [1.807, 2.05) is 0 Å². The van der Waals surface area contributed by atoms with Gasteiger partial charge in [-0.3, -0.25) is 4.79 Å². The van der Waals surface area contributed by atoms with Crippen molar-refractivity contribution in [3.05, 3.63) is 49.4 Å². The number of nitrogens with one attached hydrogen (secondary N) is 1. The minimum absolute atomic E-state index is 0.117. The van der Waals surface area contributed by atoms with Gasteiger partial charge in [0, 0.05) is 11.4 Å². The average molecular weight is 432 g/mol. The number of aryl methyl sites for hydroxylation is 1. The molecule has 2 aromatic rings. The van der Waals surface area contributed by atoms with Gasteiger partial charge in [0.25, 0.3) is 0 Å². The Hall–Kier alpha value is -1.30. The van der Waals surface area contributed by atoms with Gasteiger partial charge in [-0.1, -0.05) is 36.5 Å². The molecule has 0 spiro atoms. The molecule has 0 aliphatic rings. The van der Waals surface area contributed by atoms with E-state index in [4.69, 9.17) is 23.2 Å². The first kappa shape index (κ1) is 19.0. The van der Waals surface area contributed by atoms with Crippen LogP contribution in [0.1, 0.15) is 47.2 Å². The first-order valence-electron chi connectivity index (χ1n) is 7.49. The average Bonchev–Trinajstić information content (AvgIpc) is 2.92. The summed E-state index contributed by atoms with van der Waals surface area (Å²) < 4.78 is 0.409. The predicted molar refractivity (Wildman–Crippen MR) is 101 cm³/mol. The highest BCUT2D eigenvalue weighted by Gasteiger charge is 2.16. The van der Waals surface area contributed by atoms with Crippen molar-refractivity contribution in [2.24, 2.45) is 0 Å². The van der Waals surface area contributed by atoms with Gasteiger partial charge in [-0.05, 0) is 53.1 Å². The van der Waals surface area contributed by atoms with Gasteiger partial charge in [-0.2, -0.15) is 0 Å². The second kappa shape index (κ2) is 8.19. The van der Waals surface area contributed by atoms with Gasteiger partial charge >= 0.3 is 0 Å². The van der Waals surface area contributed by atoms with Crippen LogP contribution < -0.4 is 0 Å². The van der Waals surface area contributed by atoms with E-state index in [2.05, 4.69) is 32.8 Å². The molecule has 0 atom stereocenters. The summed E-state index contributed by atoms with van der Waals surface area (Å²) >= 11 is 15.4. The van der Waals surface area contributed by atoms with Crippen molar-refractivity contribution in [3.63, 3.8) is 0 Å². The number of phenolic OH excluding ortho intramolecular Hbond substituents is 1. The molecular weight excluding hydrogens is 415 g/mol. The number of aromatic amines is 1. The number of carbonyl (C=O) groups is 1. The van der Waals surface area contributed by atoms with E-state index >= 15 is 0 Å². The van der Waals surface area contributed by atoms with Crippen LogP contribution in [0.15, 0.2) is 16.6 Å². The highest BCUT2D eigenvalue weighted by atomic mass is 79.9. The third-order valence-corrected chi connectivity index (χ3v) is 5.23. The fourth-order valence-corrected chi connectivity index (χ4v) is 3.08. The number of carbonyl (C=O) groups excluding carboxylic acids is 1. The number of H-pyrrole nitrogens is 1. The lowest BCUT2D eigenvalue weighted by molar-refractivity contribution is 0.104. The molecule has 2 rings (SSSR count). The smallest absolute Gasteiger partial charge is 0.189 e. The molecule has 0 saturated heterocycles. The Morgan fingerprint density at radius 3 is 2.83 bits per heavy atom. The number of imidazole rings is 1. The summed E-state index contributed by atoms with van der Waals surface area (Å²) in [4.78, 5) is 19.7. The van der Waals surface area contributed by atoms with Crippen molar-refractivity contribution in [1.82, 2.24) is 9.97 Å². The predicted octanol–water partition coefficient (Wildman–Crippen LogP) is 5.73. The van der Waals surface area contributed by atoms with Gasteiger partial charge < -0.3 is 10.1 Å². The summed E-state index contributed by atoms with van der Waals surface area (Å²) in [6, 6.07) is 1.45. The Kier molecular flexibility index (Phi) is 6.49. The molecular formula is C17H17BrCl2N2O2. The molecule has 1 heterocycles. The Labute approximate surface area is 159 Å². The lowest BCUT2D eigenvalue weighted by atomic mass is 10.1. The molecule has 1 aromatic carbocycles. The lowest BCUT2D eigenvalue weighted by Crippen LogP contribution is -1.97. The van der Waals surface area contributed by atoms with Crippen LogP contribution in [0.3, 0.4) is 0 Å². The molecule has 0 amide bonds. The second-order valence-corrected chi connectivity index (χ2v) is 6.96. The fourth-order valence-electron chi connectivity index (χ4n) is 2.12. The van der Waals surface area contributed by atoms with Crippen molar-refractivity contribution >= 4 is 51.0 Å². The topological polar surface area (TPSA) is 66.0 Å². The first-order chi connectivity index (χ1) is 11.3. The van der Waals surface area contributed by atoms with Crippen LogP contribution in [0, 0.1) is 6.92 Å². The molecule has 0 bridgehead atoms. The molecule has 4 nitrogen and oxygen atoms in total. The number of hydrogen-bond donors (Lipinski definition) is 2. The van der Waals surface area contributed by atoms with Crippen molar-refractivity contribution in [2.75, 3.05) is 0 Å². The third kappa shape index (κ3) is 4.21. The minimum Gasteiger partial charge on any atom is -0.506 e. The van der Waals surface area contributed by atoms with E-state index < -0.39 is 0 Å². The van der Waals surface area contributed by atoms with E-state index in [0.717, 1.165) is 25.1 Å². The molecule has 128 valence electrons. The fraction of sp³-hybridized carbons (Fsp3) is 0.294. The molecule has 7 heteroatoms. The van der Waals surface area contributed by atoms with Gasteiger partial charge in [0.2, 0.25) is 0 Å². The number of aromatic hydroxyl groups is 1. The monoisotopic (exact) mass is 430 g/mol. The van der Waals surface area contributed by atoms with E-state index in [-0.39, 0.29) is 17.1 Å². The molecule has 24 heavy (non-hydrogen) atoms. The number of rotatable bonds is 6. The van der Waals surface area contributed by atoms with Crippen LogP contribution in [-0.2, 0) is 6.42 Å². The summed E-state index contributed by atoms with van der Waals surface area (Å²) in [6.45, 7) is 3.85. The van der Waals surface area contributed by atoms with E-state index in [9.17, 15) is 9.90 Å². The number of ketones is 1. The Morgan fingerprint density at radius 1 is 1.46 bits per heavy atom. The van der Waals surface area contributed by atoms with E-state index in [1.54, 1.807) is 6.92 Å². The molecule has 0 fully saturated rings. The highest BCUT2D eigenvalue weighted by molar-refractivity contribution is 9.10. The summed E-state index contributed by atoms with van der Waals surface area (Å²) in [7, 11) is 0. The molecule has 0 radical (unpaired) electrons. The standard InChI is InChI=1S/C17H17BrCl2N2O2/c1-3-4-5-14-21-12(17(20)22-14)6-7-13(23)10-8-11(19)9(2)15(18)16(10)24/h6-8,24H,3-5H2,1-2H3,(H,21,22)/b7-6+. The van der Waals surface area contributed by atoms with Gasteiger partial charge in [-0.25, -0.2) is 4.98 Å². The van der Waals surface area contributed by atoms with Gasteiger partial charge in [0.15, 0.2) is 5.78 Å². The number of nitrogens with zero attached hydrogens (tertiary/aromatic N) is 1. The van der Waals surface area contributed by atoms with Crippen molar-refractivity contribution in [3.8, 4) is 5.75 Å². The van der Waals surface area contributed by atoms with Crippen LogP contribution >= 0.6 is 39.1 Å². The lowest BCUT2D eigenvalue weighted by Gasteiger charge is -2.08. The normalized spacial score (nSPS) is 11.4. The second-order valence-electron chi connectivity index (χ2n) is 5.38. The largest absolute Gasteiger partial charge is 0.506 e. The minimum atomic E-state index is -0.385. The van der Waals surface area contributed by atoms with E-state index in [0.29, 0.717) is 25.9 Å². The third-order valence-electron chi connectivity index (χ3n) is 3.58. The van der Waals surface area contributed by atoms with Crippen LogP contribution in [-0.4, -0.2) is 20.9 Å². The van der Waals surface area contributed by atoms with Gasteiger partial charge in [-0.15, -0.1) is 0 Å². The summed E-state index contributed by atoms with van der Waals surface area (Å²) in [6.07, 6.45) is 5.72. The highest BCUT2D eigenvalue weighted by Crippen LogP contribution is 2.36. The number of phenols is 1. The van der Waals surface area contributed by atoms with Gasteiger partial charge in [0.1, 0.15) is 22.4 Å². The Bertz CT molecular complexity index is 800. The molecule has 0 unspecified atom stereocenters. The number of allylic oxidation sites excluding steroid dienone is 1. The van der Waals surface area contributed by atoms with Crippen molar-refractivity contribution in [1.29, 1.82) is 0 Å². The zero-order chi connectivity index (χ0) is 17.9. The zero-order valence-electron chi connectivity index (χ0n) is 13.3. The van der Waals surface area contributed by atoms with Crippen LogP contribution in [0.5, 0.6) is 5.75 Å². The number of unbranched alkanes of at least 4 members (excludes halogenated alkanes) is 1. The summed E-state index contributed by atoms with van der Waals surface area (Å²) in [5.74, 6) is 0.269. The number of aromatic nitrogens is 2. The van der Waals surface area contributed by atoms with Crippen molar-refractivity contribution < 1.29 is 9.90 Å². The first-order valence-corrected chi connectivity index (χ1v) is 9.04. The quantitative estimate of drug-likeness (QED) is 0.453. The molecule has 0 aliphatic heterocycles. The molecule has 0 aliphatic carbocycles. The summed E-state index contributed by atoms with van der Waals surface area (Å²) in [5, 5.41) is 10.9. The maximum atomic E-state index is 12.3. The number of halogens is 3. The van der Waals surface area contributed by atoms with Crippen LogP contribution in [0.25, 0.3) is 6.08 Å². The van der Waals surface area contributed by atoms with Gasteiger partial charge in [0.05, 0.1) is 10.0 Å². The Balaban J connectivity index is 2.24.